The predicted octanol–water partition coefficient (Wildman–Crippen LogP) is 17.1. The standard InChI is InChI=1S/C60H107O11P/c1-4-7-10-13-16-19-22-25-28-31-34-37-40-43-46-49-58(62)67-53-57(71-60(64)51-48-45-42-39-36-33-30-27-24-21-18-15-12-9-6-3)55-69-72(65,66)68-54-56(52-61)70-59(63)50-47-44-41-38-35-32-29-26-23-20-17-14-11-8-5-2/h7,10,16,19,25-30,56-57,61H,4-6,8-9,11-15,17-18,20-24,31-55H2,1-3H3,(H,65,66)/b10-7-,19-16-,28-25-,29-26-,30-27-. The molecule has 0 amide bonds. The van der Waals surface area contributed by atoms with E-state index >= 15 is 0 Å². The SMILES string of the molecule is CC/C=C\C/C=C\C/C=C\CCCCCCCC(=O)OCC(COP(=O)(O)OCC(CO)OC(=O)CCCCCCC/C=C\CCCCCCCC)OC(=O)CCCCCCC/C=C\CCCCCCCC. The minimum Gasteiger partial charge on any atom is -0.462 e. The fourth-order valence-electron chi connectivity index (χ4n) is 7.95. The summed E-state index contributed by atoms with van der Waals surface area (Å²) in [5.74, 6) is -1.50. The summed E-state index contributed by atoms with van der Waals surface area (Å²) in [6.45, 7) is 4.50. The lowest BCUT2D eigenvalue weighted by Crippen LogP contribution is -2.30. The Morgan fingerprint density at radius 3 is 1.12 bits per heavy atom. The zero-order valence-electron chi connectivity index (χ0n) is 46.1. The molecule has 72 heavy (non-hydrogen) atoms. The van der Waals surface area contributed by atoms with Gasteiger partial charge in [0.15, 0.2) is 6.10 Å². The van der Waals surface area contributed by atoms with E-state index in [0.717, 1.165) is 128 Å². The lowest BCUT2D eigenvalue weighted by atomic mass is 10.1. The van der Waals surface area contributed by atoms with E-state index in [1.54, 1.807) is 0 Å². The number of ether oxygens (including phenoxy) is 3. The molecule has 0 aromatic carbocycles. The van der Waals surface area contributed by atoms with Crippen molar-refractivity contribution < 1.29 is 52.2 Å². The van der Waals surface area contributed by atoms with Crippen molar-refractivity contribution in [3.05, 3.63) is 60.8 Å². The molecule has 418 valence electrons. The largest absolute Gasteiger partial charge is 0.472 e. The fraction of sp³-hybridized carbons (Fsp3) is 0.783. The molecule has 0 aromatic heterocycles. The molecular formula is C60H107O11P. The first-order valence-electron chi connectivity index (χ1n) is 29.2. The number of carbonyl (C=O) groups excluding carboxylic acids is 3. The van der Waals surface area contributed by atoms with Gasteiger partial charge in [0.05, 0.1) is 19.8 Å². The summed E-state index contributed by atoms with van der Waals surface area (Å²) in [5.41, 5.74) is 0. The van der Waals surface area contributed by atoms with Crippen LogP contribution in [0.5, 0.6) is 0 Å². The molecule has 0 saturated heterocycles. The molecule has 0 spiro atoms. The predicted molar refractivity (Wildman–Crippen MR) is 298 cm³/mol. The summed E-state index contributed by atoms with van der Waals surface area (Å²) in [4.78, 5) is 48.5. The molecule has 0 saturated carbocycles. The Morgan fingerprint density at radius 1 is 0.403 bits per heavy atom. The monoisotopic (exact) mass is 1030 g/mol. The maximum absolute atomic E-state index is 12.9. The minimum absolute atomic E-state index is 0.153. The lowest BCUT2D eigenvalue weighted by molar-refractivity contribution is -0.161. The van der Waals surface area contributed by atoms with Gasteiger partial charge in [-0.05, 0) is 103 Å². The first-order chi connectivity index (χ1) is 35.2. The zero-order valence-corrected chi connectivity index (χ0v) is 47.0. The Hall–Kier alpha value is -2.82. The van der Waals surface area contributed by atoms with Crippen molar-refractivity contribution in [1.29, 1.82) is 0 Å². The van der Waals surface area contributed by atoms with Gasteiger partial charge in [-0.15, -0.1) is 0 Å². The minimum atomic E-state index is -4.75. The molecule has 0 bridgehead atoms. The molecule has 0 rings (SSSR count). The summed E-state index contributed by atoms with van der Waals surface area (Å²) in [6.07, 6.45) is 58.9. The molecule has 0 fully saturated rings. The van der Waals surface area contributed by atoms with Gasteiger partial charge < -0.3 is 24.2 Å². The van der Waals surface area contributed by atoms with Crippen molar-refractivity contribution in [3.63, 3.8) is 0 Å². The van der Waals surface area contributed by atoms with Gasteiger partial charge in [-0.25, -0.2) is 4.57 Å². The average Bonchev–Trinajstić information content (AvgIpc) is 3.37. The number of unbranched alkanes of at least 4 members (excludes halogenated alkanes) is 27. The number of esters is 3. The molecule has 11 nitrogen and oxygen atoms in total. The average molecular weight is 1040 g/mol. The van der Waals surface area contributed by atoms with E-state index in [9.17, 15) is 28.9 Å². The number of hydrogen-bond donors (Lipinski definition) is 2. The highest BCUT2D eigenvalue weighted by molar-refractivity contribution is 7.47. The molecule has 0 aliphatic carbocycles. The van der Waals surface area contributed by atoms with Crippen LogP contribution in [0.15, 0.2) is 60.8 Å². The Labute approximate surface area is 440 Å². The topological polar surface area (TPSA) is 155 Å². The van der Waals surface area contributed by atoms with Crippen LogP contribution in [-0.4, -0.2) is 66.5 Å². The molecule has 3 atom stereocenters. The smallest absolute Gasteiger partial charge is 0.462 e. The third-order valence-electron chi connectivity index (χ3n) is 12.4. The highest BCUT2D eigenvalue weighted by Crippen LogP contribution is 2.43. The number of rotatable bonds is 54. The van der Waals surface area contributed by atoms with Crippen molar-refractivity contribution >= 4 is 25.7 Å². The maximum atomic E-state index is 12.9. The zero-order chi connectivity index (χ0) is 52.7. The van der Waals surface area contributed by atoms with Crippen LogP contribution in [0.3, 0.4) is 0 Å². The number of phosphoric acid groups is 1. The van der Waals surface area contributed by atoms with Crippen LogP contribution < -0.4 is 0 Å². The van der Waals surface area contributed by atoms with Crippen LogP contribution in [0.25, 0.3) is 0 Å². The van der Waals surface area contributed by atoms with Gasteiger partial charge >= 0.3 is 25.7 Å². The number of aliphatic hydroxyl groups is 1. The first-order valence-corrected chi connectivity index (χ1v) is 30.7. The Bertz CT molecular complexity index is 1440. The van der Waals surface area contributed by atoms with Crippen molar-refractivity contribution in [1.82, 2.24) is 0 Å². The fourth-order valence-corrected chi connectivity index (χ4v) is 8.73. The normalized spacial score (nSPS) is 13.8. The van der Waals surface area contributed by atoms with E-state index in [2.05, 4.69) is 81.5 Å². The Morgan fingerprint density at radius 2 is 0.722 bits per heavy atom. The quantitative estimate of drug-likeness (QED) is 0.0197. The number of aliphatic hydroxyl groups excluding tert-OH is 1. The van der Waals surface area contributed by atoms with Gasteiger partial charge in [-0.3, -0.25) is 23.4 Å². The second kappa shape index (κ2) is 54.4. The van der Waals surface area contributed by atoms with Crippen molar-refractivity contribution in [2.75, 3.05) is 26.4 Å². The third kappa shape index (κ3) is 52.1. The van der Waals surface area contributed by atoms with Gasteiger partial charge in [-0.2, -0.15) is 0 Å². The summed E-state index contributed by atoms with van der Waals surface area (Å²) in [7, 11) is -4.75. The van der Waals surface area contributed by atoms with Crippen molar-refractivity contribution in [2.45, 2.75) is 277 Å². The van der Waals surface area contributed by atoms with E-state index in [1.807, 2.05) is 0 Å². The first kappa shape index (κ1) is 69.2. The second-order valence-corrected chi connectivity index (χ2v) is 20.9. The van der Waals surface area contributed by atoms with Crippen LogP contribution in [-0.2, 0) is 42.2 Å². The highest BCUT2D eigenvalue weighted by Gasteiger charge is 2.28. The van der Waals surface area contributed by atoms with Crippen LogP contribution in [0, 0.1) is 0 Å². The highest BCUT2D eigenvalue weighted by atomic mass is 31.2. The van der Waals surface area contributed by atoms with Gasteiger partial charge in [0.25, 0.3) is 0 Å². The van der Waals surface area contributed by atoms with Crippen LogP contribution in [0.2, 0.25) is 0 Å². The lowest BCUT2D eigenvalue weighted by Gasteiger charge is -2.21. The number of hydrogen-bond acceptors (Lipinski definition) is 10. The Kier molecular flexibility index (Phi) is 52.3. The van der Waals surface area contributed by atoms with E-state index < -0.39 is 57.8 Å². The third-order valence-corrected chi connectivity index (χ3v) is 13.3. The summed E-state index contributed by atoms with van der Waals surface area (Å²) in [5, 5.41) is 9.81. The maximum Gasteiger partial charge on any atom is 0.472 e. The van der Waals surface area contributed by atoms with Crippen LogP contribution in [0.4, 0.5) is 0 Å². The molecule has 12 heteroatoms. The molecule has 0 aliphatic heterocycles. The van der Waals surface area contributed by atoms with Crippen molar-refractivity contribution in [3.8, 4) is 0 Å². The molecule has 3 unspecified atom stereocenters. The number of allylic oxidation sites excluding steroid dienone is 10. The summed E-state index contributed by atoms with van der Waals surface area (Å²) in [6, 6.07) is 0. The van der Waals surface area contributed by atoms with Crippen LogP contribution >= 0.6 is 7.82 Å². The van der Waals surface area contributed by atoms with Gasteiger partial charge in [0.1, 0.15) is 12.7 Å². The molecule has 0 heterocycles. The molecule has 0 aliphatic rings. The molecular weight excluding hydrogens is 928 g/mol. The van der Waals surface area contributed by atoms with E-state index in [0.29, 0.717) is 19.3 Å². The van der Waals surface area contributed by atoms with Gasteiger partial charge in [0, 0.05) is 19.3 Å². The summed E-state index contributed by atoms with van der Waals surface area (Å²) >= 11 is 0. The van der Waals surface area contributed by atoms with Gasteiger partial charge in [0.2, 0.25) is 0 Å². The molecule has 0 aromatic rings. The van der Waals surface area contributed by atoms with Crippen molar-refractivity contribution in [2.24, 2.45) is 0 Å². The second-order valence-electron chi connectivity index (χ2n) is 19.4. The van der Waals surface area contributed by atoms with E-state index in [1.165, 1.54) is 77.0 Å². The summed E-state index contributed by atoms with van der Waals surface area (Å²) < 4.78 is 39.5. The molecule has 0 radical (unpaired) electrons. The van der Waals surface area contributed by atoms with E-state index in [4.69, 9.17) is 23.3 Å². The van der Waals surface area contributed by atoms with Gasteiger partial charge in [-0.1, -0.05) is 204 Å². The number of carbonyl (C=O) groups is 3. The molecule has 2 N–H and O–H groups in total. The number of phosphoric ester groups is 1. The van der Waals surface area contributed by atoms with Crippen LogP contribution in [0.1, 0.15) is 265 Å². The Balaban J connectivity index is 4.74. The van der Waals surface area contributed by atoms with E-state index in [-0.39, 0.29) is 25.9 Å².